The minimum atomic E-state index is -4.46. The summed E-state index contributed by atoms with van der Waals surface area (Å²) in [7, 11) is -3.87. The Hall–Kier alpha value is -3.05. The molecular formula is C22H20F4N4O2S. The number of alkyl halides is 3. The molecule has 1 aliphatic rings. The molecule has 6 nitrogen and oxygen atoms in total. The van der Waals surface area contributed by atoms with Gasteiger partial charge in [-0.2, -0.15) is 17.5 Å². The molecule has 0 atom stereocenters. The van der Waals surface area contributed by atoms with Gasteiger partial charge in [-0.25, -0.2) is 22.8 Å². The molecule has 0 amide bonds. The summed E-state index contributed by atoms with van der Waals surface area (Å²) in [6.07, 6.45) is -3.01. The fourth-order valence-corrected chi connectivity index (χ4v) is 5.29. The summed E-state index contributed by atoms with van der Waals surface area (Å²) in [6.45, 7) is 2.43. The lowest BCUT2D eigenvalue weighted by molar-refractivity contribution is -0.137. The zero-order valence-electron chi connectivity index (χ0n) is 17.6. The van der Waals surface area contributed by atoms with Crippen molar-refractivity contribution >= 4 is 16.0 Å². The average molecular weight is 480 g/mol. The van der Waals surface area contributed by atoms with Gasteiger partial charge in [-0.1, -0.05) is 18.2 Å². The number of hydrogen-bond acceptors (Lipinski definition) is 5. The number of hydrogen-bond donors (Lipinski definition) is 0. The largest absolute Gasteiger partial charge is 0.416 e. The lowest BCUT2D eigenvalue weighted by Gasteiger charge is -2.34. The van der Waals surface area contributed by atoms with Crippen molar-refractivity contribution in [3.8, 4) is 11.3 Å². The summed E-state index contributed by atoms with van der Waals surface area (Å²) in [5.41, 5.74) is 0.315. The van der Waals surface area contributed by atoms with Crippen LogP contribution in [0.5, 0.6) is 0 Å². The molecule has 2 aromatic carbocycles. The van der Waals surface area contributed by atoms with E-state index in [9.17, 15) is 26.0 Å². The van der Waals surface area contributed by atoms with Crippen molar-refractivity contribution in [3.05, 3.63) is 71.7 Å². The minimum absolute atomic E-state index is 0.0706. The van der Waals surface area contributed by atoms with Crippen molar-refractivity contribution in [1.82, 2.24) is 14.3 Å². The van der Waals surface area contributed by atoms with Crippen molar-refractivity contribution in [2.24, 2.45) is 0 Å². The Bertz CT molecular complexity index is 1270. The highest BCUT2D eigenvalue weighted by Gasteiger charge is 2.32. The van der Waals surface area contributed by atoms with Crippen molar-refractivity contribution < 1.29 is 26.0 Å². The quantitative estimate of drug-likeness (QED) is 0.526. The molecule has 0 aliphatic carbocycles. The highest BCUT2D eigenvalue weighted by molar-refractivity contribution is 7.89. The molecule has 174 valence electrons. The molecule has 0 radical (unpaired) electrons. The van der Waals surface area contributed by atoms with Crippen LogP contribution in [0.1, 0.15) is 11.1 Å². The molecule has 0 unspecified atom stereocenters. The molecular weight excluding hydrogens is 460 g/mol. The van der Waals surface area contributed by atoms with Crippen LogP contribution in [0.4, 0.5) is 23.5 Å². The van der Waals surface area contributed by atoms with E-state index in [1.54, 1.807) is 11.8 Å². The third kappa shape index (κ3) is 4.83. The van der Waals surface area contributed by atoms with Crippen LogP contribution in [0.2, 0.25) is 0 Å². The Morgan fingerprint density at radius 1 is 0.970 bits per heavy atom. The number of rotatable bonds is 4. The van der Waals surface area contributed by atoms with Crippen molar-refractivity contribution in [3.63, 3.8) is 0 Å². The molecule has 1 aromatic heterocycles. The smallest absolute Gasteiger partial charge is 0.338 e. The molecule has 0 N–H and O–H groups in total. The van der Waals surface area contributed by atoms with E-state index >= 15 is 0 Å². The summed E-state index contributed by atoms with van der Waals surface area (Å²) < 4.78 is 80.0. The number of nitrogens with zero attached hydrogens (tertiary/aromatic N) is 4. The summed E-state index contributed by atoms with van der Waals surface area (Å²) in [5, 5.41) is 0. The third-order valence-electron chi connectivity index (χ3n) is 5.42. The molecule has 0 saturated carbocycles. The SMILES string of the molecule is Cc1ccc(F)cc1S(=O)(=O)N1CCN(c2nccc(-c3cccc(C(F)(F)F)c3)n2)CC1. The lowest BCUT2D eigenvalue weighted by Crippen LogP contribution is -2.49. The van der Waals surface area contributed by atoms with Crippen LogP contribution in [0.15, 0.2) is 59.6 Å². The van der Waals surface area contributed by atoms with Crippen molar-refractivity contribution in [2.45, 2.75) is 18.0 Å². The van der Waals surface area contributed by atoms with E-state index in [-0.39, 0.29) is 31.1 Å². The number of anilines is 1. The van der Waals surface area contributed by atoms with E-state index in [4.69, 9.17) is 0 Å². The van der Waals surface area contributed by atoms with Gasteiger partial charge in [0.05, 0.1) is 16.2 Å². The summed E-state index contributed by atoms with van der Waals surface area (Å²) in [5.74, 6) is -0.332. The van der Waals surface area contributed by atoms with E-state index in [2.05, 4.69) is 9.97 Å². The normalized spacial score (nSPS) is 15.6. The first-order valence-corrected chi connectivity index (χ1v) is 11.5. The molecule has 4 rings (SSSR count). The van der Waals surface area contributed by atoms with E-state index in [1.807, 2.05) is 0 Å². The Morgan fingerprint density at radius 3 is 2.39 bits per heavy atom. The number of aryl methyl sites for hydroxylation is 1. The van der Waals surface area contributed by atoms with Crippen LogP contribution < -0.4 is 4.90 Å². The molecule has 11 heteroatoms. The molecule has 1 saturated heterocycles. The molecule has 33 heavy (non-hydrogen) atoms. The van der Waals surface area contributed by atoms with Crippen LogP contribution in [-0.2, 0) is 16.2 Å². The number of benzene rings is 2. The predicted octanol–water partition coefficient (Wildman–Crippen LogP) is 4.12. The van der Waals surface area contributed by atoms with Crippen LogP contribution in [0.3, 0.4) is 0 Å². The zero-order chi connectivity index (χ0) is 23.8. The number of halogens is 4. The topological polar surface area (TPSA) is 66.4 Å². The molecule has 3 aromatic rings. The van der Waals surface area contributed by atoms with Crippen molar-refractivity contribution in [2.75, 3.05) is 31.1 Å². The maximum absolute atomic E-state index is 13.6. The third-order valence-corrected chi connectivity index (χ3v) is 7.46. The maximum atomic E-state index is 13.6. The van der Waals surface area contributed by atoms with Crippen LogP contribution in [0, 0.1) is 12.7 Å². The highest BCUT2D eigenvalue weighted by Crippen LogP contribution is 2.32. The summed E-state index contributed by atoms with van der Waals surface area (Å²) in [6, 6.07) is 10.0. The van der Waals surface area contributed by atoms with Crippen LogP contribution >= 0.6 is 0 Å². The molecule has 0 spiro atoms. The second kappa shape index (κ2) is 8.71. The molecule has 1 fully saturated rings. The standard InChI is InChI=1S/C22H20F4N4O2S/c1-15-5-6-18(23)14-20(15)33(31,32)30-11-9-29(10-12-30)21-27-8-7-19(28-21)16-3-2-4-17(13-16)22(24,25)26/h2-8,13-14H,9-12H2,1H3. The van der Waals surface area contributed by atoms with E-state index in [0.717, 1.165) is 18.2 Å². The van der Waals surface area contributed by atoms with E-state index in [1.165, 1.54) is 40.8 Å². The van der Waals surface area contributed by atoms with Gasteiger partial charge in [0, 0.05) is 37.9 Å². The van der Waals surface area contributed by atoms with Crippen molar-refractivity contribution in [1.29, 1.82) is 0 Å². The van der Waals surface area contributed by atoms with Gasteiger partial charge in [-0.15, -0.1) is 0 Å². The summed E-state index contributed by atoms with van der Waals surface area (Å²) in [4.78, 5) is 10.3. The fourth-order valence-electron chi connectivity index (χ4n) is 3.64. The number of sulfonamides is 1. The first kappa shape index (κ1) is 23.1. The zero-order valence-corrected chi connectivity index (χ0v) is 18.4. The summed E-state index contributed by atoms with van der Waals surface area (Å²) >= 11 is 0. The Morgan fingerprint density at radius 2 is 1.70 bits per heavy atom. The maximum Gasteiger partial charge on any atom is 0.416 e. The second-order valence-corrected chi connectivity index (χ2v) is 9.53. The Labute approximate surface area is 188 Å². The van der Waals surface area contributed by atoms with Gasteiger partial charge >= 0.3 is 6.18 Å². The average Bonchev–Trinajstić information content (AvgIpc) is 2.80. The van der Waals surface area contributed by atoms with E-state index < -0.39 is 27.6 Å². The molecule has 2 heterocycles. The monoisotopic (exact) mass is 480 g/mol. The van der Waals surface area contributed by atoms with Crippen LogP contribution in [0.25, 0.3) is 11.3 Å². The first-order valence-electron chi connectivity index (χ1n) is 10.1. The Kier molecular flexibility index (Phi) is 6.10. The lowest BCUT2D eigenvalue weighted by atomic mass is 10.1. The van der Waals surface area contributed by atoms with Gasteiger partial charge < -0.3 is 4.90 Å². The number of aromatic nitrogens is 2. The van der Waals surface area contributed by atoms with E-state index in [0.29, 0.717) is 22.8 Å². The molecule has 0 bridgehead atoms. The number of piperazine rings is 1. The van der Waals surface area contributed by atoms with Gasteiger partial charge in [0.15, 0.2) is 0 Å². The van der Waals surface area contributed by atoms with Gasteiger partial charge in [-0.3, -0.25) is 0 Å². The van der Waals surface area contributed by atoms with Gasteiger partial charge in [0.1, 0.15) is 5.82 Å². The van der Waals surface area contributed by atoms with Gasteiger partial charge in [0.25, 0.3) is 0 Å². The second-order valence-electron chi connectivity index (χ2n) is 7.62. The van der Waals surface area contributed by atoms with Gasteiger partial charge in [0.2, 0.25) is 16.0 Å². The fraction of sp³-hybridized carbons (Fsp3) is 0.273. The minimum Gasteiger partial charge on any atom is -0.338 e. The Balaban J connectivity index is 1.52. The van der Waals surface area contributed by atoms with Crippen LogP contribution in [-0.4, -0.2) is 48.9 Å². The highest BCUT2D eigenvalue weighted by atomic mass is 32.2. The first-order chi connectivity index (χ1) is 15.6. The molecule has 1 aliphatic heterocycles. The predicted molar refractivity (Wildman–Crippen MR) is 115 cm³/mol. The van der Waals surface area contributed by atoms with Gasteiger partial charge in [-0.05, 0) is 42.8 Å².